The van der Waals surface area contributed by atoms with Gasteiger partial charge in [-0.15, -0.1) is 0 Å². The Balaban J connectivity index is 1.76. The number of benzene rings is 2. The third-order valence-electron chi connectivity index (χ3n) is 6.53. The number of aryl methyl sites for hydroxylation is 1. The van der Waals surface area contributed by atoms with Gasteiger partial charge in [-0.25, -0.2) is 4.79 Å². The van der Waals surface area contributed by atoms with Crippen LogP contribution in [0.15, 0.2) is 42.5 Å². The van der Waals surface area contributed by atoms with Gasteiger partial charge in [0.25, 0.3) is 0 Å². The van der Waals surface area contributed by atoms with Crippen molar-refractivity contribution < 1.29 is 23.8 Å². The molecule has 0 saturated heterocycles. The van der Waals surface area contributed by atoms with Crippen molar-refractivity contribution in [2.24, 2.45) is 0 Å². The molecule has 0 amide bonds. The third-order valence-corrected chi connectivity index (χ3v) is 6.53. The number of fused-ring (bicyclic) bond motifs is 1. The molecule has 6 heteroatoms. The number of carbonyl (C=O) groups is 2. The Bertz CT molecular complexity index is 958. The van der Waals surface area contributed by atoms with Gasteiger partial charge in [0.05, 0.1) is 26.4 Å². The Kier molecular flexibility index (Phi) is 9.95. The largest absolute Gasteiger partial charge is 0.496 e. The van der Waals surface area contributed by atoms with Gasteiger partial charge in [-0.2, -0.15) is 0 Å². The molecule has 0 saturated carbocycles. The fourth-order valence-electron chi connectivity index (χ4n) is 4.83. The molecule has 0 radical (unpaired) electrons. The SMILES string of the molecule is CCOC(=O)CCCCN(CCc1ccccc1OC)C1CCCc2cc(C(=O)OC)ccc21. The quantitative estimate of drug-likeness (QED) is 0.318. The number of rotatable bonds is 12. The zero-order valence-corrected chi connectivity index (χ0v) is 20.7. The van der Waals surface area contributed by atoms with Crippen LogP contribution in [0, 0.1) is 0 Å². The summed E-state index contributed by atoms with van der Waals surface area (Å²) in [7, 11) is 3.13. The minimum absolute atomic E-state index is 0.124. The Morgan fingerprint density at radius 2 is 1.88 bits per heavy atom. The minimum atomic E-state index is -0.295. The molecule has 1 aliphatic carbocycles. The van der Waals surface area contributed by atoms with Gasteiger partial charge in [0.15, 0.2) is 0 Å². The molecule has 0 heterocycles. The van der Waals surface area contributed by atoms with E-state index in [0.717, 1.165) is 57.4 Å². The topological polar surface area (TPSA) is 65.1 Å². The van der Waals surface area contributed by atoms with Crippen LogP contribution in [0.4, 0.5) is 0 Å². The first-order chi connectivity index (χ1) is 16.6. The maximum absolute atomic E-state index is 12.0. The minimum Gasteiger partial charge on any atom is -0.496 e. The van der Waals surface area contributed by atoms with E-state index in [1.807, 2.05) is 37.3 Å². The highest BCUT2D eigenvalue weighted by molar-refractivity contribution is 5.89. The summed E-state index contributed by atoms with van der Waals surface area (Å²) >= 11 is 0. The van der Waals surface area contributed by atoms with E-state index in [0.29, 0.717) is 18.6 Å². The van der Waals surface area contributed by atoms with Gasteiger partial charge in [0, 0.05) is 19.0 Å². The number of unbranched alkanes of at least 4 members (excludes halogenated alkanes) is 1. The van der Waals surface area contributed by atoms with E-state index >= 15 is 0 Å². The highest BCUT2D eigenvalue weighted by Gasteiger charge is 2.27. The van der Waals surface area contributed by atoms with Crippen molar-refractivity contribution >= 4 is 11.9 Å². The molecule has 2 aromatic carbocycles. The van der Waals surface area contributed by atoms with Crippen LogP contribution in [-0.4, -0.2) is 50.8 Å². The lowest BCUT2D eigenvalue weighted by Gasteiger charge is -2.36. The molecule has 1 aliphatic rings. The zero-order valence-electron chi connectivity index (χ0n) is 20.7. The van der Waals surface area contributed by atoms with E-state index in [9.17, 15) is 9.59 Å². The molecule has 0 aromatic heterocycles. The van der Waals surface area contributed by atoms with Gasteiger partial charge in [-0.1, -0.05) is 24.3 Å². The summed E-state index contributed by atoms with van der Waals surface area (Å²) in [6.45, 7) is 4.06. The Labute approximate surface area is 203 Å². The van der Waals surface area contributed by atoms with Crippen LogP contribution in [-0.2, 0) is 27.1 Å². The molecular weight excluding hydrogens is 430 g/mol. The first kappa shape index (κ1) is 25.8. The number of carbonyl (C=O) groups excluding carboxylic acids is 2. The van der Waals surface area contributed by atoms with Crippen LogP contribution in [0.3, 0.4) is 0 Å². The molecule has 2 aromatic rings. The van der Waals surface area contributed by atoms with Gasteiger partial charge in [-0.05, 0) is 86.9 Å². The number of para-hydroxylation sites is 1. The van der Waals surface area contributed by atoms with Crippen molar-refractivity contribution in [1.29, 1.82) is 0 Å². The van der Waals surface area contributed by atoms with Crippen molar-refractivity contribution in [2.75, 3.05) is 33.9 Å². The van der Waals surface area contributed by atoms with E-state index in [2.05, 4.69) is 17.0 Å². The van der Waals surface area contributed by atoms with E-state index in [4.69, 9.17) is 14.2 Å². The molecule has 0 aliphatic heterocycles. The fraction of sp³-hybridized carbons (Fsp3) is 0.500. The predicted molar refractivity (Wildman–Crippen MR) is 132 cm³/mol. The number of ether oxygens (including phenoxy) is 3. The number of esters is 2. The molecule has 0 N–H and O–H groups in total. The Morgan fingerprint density at radius 3 is 2.65 bits per heavy atom. The number of methoxy groups -OCH3 is 2. The summed E-state index contributed by atoms with van der Waals surface area (Å²) in [5.41, 5.74) is 4.33. The van der Waals surface area contributed by atoms with E-state index in [1.165, 1.54) is 23.8 Å². The first-order valence-electron chi connectivity index (χ1n) is 12.3. The average Bonchev–Trinajstić information content (AvgIpc) is 2.87. The van der Waals surface area contributed by atoms with Gasteiger partial charge >= 0.3 is 11.9 Å². The highest BCUT2D eigenvalue weighted by atomic mass is 16.5. The predicted octanol–water partition coefficient (Wildman–Crippen LogP) is 5.14. The van der Waals surface area contributed by atoms with E-state index < -0.39 is 0 Å². The van der Waals surface area contributed by atoms with E-state index in [-0.39, 0.29) is 18.0 Å². The summed E-state index contributed by atoms with van der Waals surface area (Å²) in [5, 5.41) is 0. The lowest BCUT2D eigenvalue weighted by Crippen LogP contribution is -2.34. The molecule has 6 nitrogen and oxygen atoms in total. The second-order valence-electron chi connectivity index (χ2n) is 8.67. The molecular formula is C28H37NO5. The molecule has 1 atom stereocenters. The van der Waals surface area contributed by atoms with Gasteiger partial charge in [0.1, 0.15) is 5.75 Å². The molecule has 184 valence electrons. The number of hydrogen-bond donors (Lipinski definition) is 0. The van der Waals surface area contributed by atoms with Gasteiger partial charge < -0.3 is 14.2 Å². The zero-order chi connectivity index (χ0) is 24.3. The van der Waals surface area contributed by atoms with Crippen molar-refractivity contribution in [2.45, 2.75) is 57.9 Å². The number of nitrogens with zero attached hydrogens (tertiary/aromatic N) is 1. The maximum atomic E-state index is 12.0. The smallest absolute Gasteiger partial charge is 0.337 e. The van der Waals surface area contributed by atoms with Crippen molar-refractivity contribution in [3.63, 3.8) is 0 Å². The Morgan fingerprint density at radius 1 is 1.06 bits per heavy atom. The van der Waals surface area contributed by atoms with Crippen LogP contribution >= 0.6 is 0 Å². The van der Waals surface area contributed by atoms with Crippen molar-refractivity contribution in [3.8, 4) is 5.75 Å². The molecule has 0 spiro atoms. The van der Waals surface area contributed by atoms with Crippen molar-refractivity contribution in [1.82, 2.24) is 4.90 Å². The second-order valence-corrected chi connectivity index (χ2v) is 8.67. The van der Waals surface area contributed by atoms with Gasteiger partial charge in [0.2, 0.25) is 0 Å². The third kappa shape index (κ3) is 6.83. The van der Waals surface area contributed by atoms with Gasteiger partial charge in [-0.3, -0.25) is 9.69 Å². The molecule has 0 fully saturated rings. The van der Waals surface area contributed by atoms with Crippen LogP contribution in [0.25, 0.3) is 0 Å². The lowest BCUT2D eigenvalue weighted by atomic mass is 9.85. The van der Waals surface area contributed by atoms with Crippen LogP contribution in [0.5, 0.6) is 5.75 Å². The molecule has 3 rings (SSSR count). The number of hydrogen-bond acceptors (Lipinski definition) is 6. The van der Waals surface area contributed by atoms with Crippen molar-refractivity contribution in [3.05, 3.63) is 64.7 Å². The summed E-state index contributed by atoms with van der Waals surface area (Å²) in [5.74, 6) is 0.495. The second kappa shape index (κ2) is 13.1. The van der Waals surface area contributed by atoms with Crippen LogP contribution in [0.2, 0.25) is 0 Å². The fourth-order valence-corrected chi connectivity index (χ4v) is 4.83. The summed E-state index contributed by atoms with van der Waals surface area (Å²) < 4.78 is 15.6. The summed E-state index contributed by atoms with van der Waals surface area (Å²) in [6, 6.07) is 14.4. The molecule has 1 unspecified atom stereocenters. The first-order valence-corrected chi connectivity index (χ1v) is 12.3. The summed E-state index contributed by atoms with van der Waals surface area (Å²) in [4.78, 5) is 26.3. The highest BCUT2D eigenvalue weighted by Crippen LogP contribution is 2.35. The van der Waals surface area contributed by atoms with Crippen LogP contribution in [0.1, 0.15) is 72.1 Å². The lowest BCUT2D eigenvalue weighted by molar-refractivity contribution is -0.143. The maximum Gasteiger partial charge on any atom is 0.337 e. The Hall–Kier alpha value is -2.86. The normalized spacial score (nSPS) is 15.0. The molecule has 0 bridgehead atoms. The summed E-state index contributed by atoms with van der Waals surface area (Å²) in [6.07, 6.45) is 6.21. The average molecular weight is 468 g/mol. The van der Waals surface area contributed by atoms with E-state index in [1.54, 1.807) is 7.11 Å². The monoisotopic (exact) mass is 467 g/mol. The molecule has 34 heavy (non-hydrogen) atoms. The standard InChI is InChI=1S/C28H37NO5/c1-4-34-27(30)14-7-8-18-29(19-17-21-10-5-6-13-26(21)32-2)25-12-9-11-22-20-23(28(31)33-3)15-16-24(22)25/h5-6,10,13,15-16,20,25H,4,7-9,11-12,14,17-19H2,1-3H3. The van der Waals surface area contributed by atoms with Crippen LogP contribution < -0.4 is 4.74 Å².